The Bertz CT molecular complexity index is 603. The van der Waals surface area contributed by atoms with Crippen LogP contribution in [0.5, 0.6) is 5.75 Å². The summed E-state index contributed by atoms with van der Waals surface area (Å²) in [6, 6.07) is 4.96. The fraction of sp³-hybridized carbons (Fsp3) is 0.625. The van der Waals surface area contributed by atoms with Crippen LogP contribution in [0, 0.1) is 5.92 Å². The SMILES string of the molecule is CCCOc1cc(S(=O)(=O)NC2CCCCC2C)ccc1Br. The van der Waals surface area contributed by atoms with E-state index in [0.717, 1.165) is 30.2 Å². The minimum absolute atomic E-state index is 0.0300. The van der Waals surface area contributed by atoms with Crippen molar-refractivity contribution in [1.29, 1.82) is 0 Å². The molecule has 1 aliphatic carbocycles. The number of sulfonamides is 1. The van der Waals surface area contributed by atoms with Crippen LogP contribution < -0.4 is 9.46 Å². The van der Waals surface area contributed by atoms with Crippen molar-refractivity contribution in [3.05, 3.63) is 22.7 Å². The van der Waals surface area contributed by atoms with Gasteiger partial charge in [0.15, 0.2) is 0 Å². The molecule has 0 radical (unpaired) electrons. The third-order valence-electron chi connectivity index (χ3n) is 4.09. The average Bonchev–Trinajstić information content (AvgIpc) is 2.48. The van der Waals surface area contributed by atoms with E-state index in [1.807, 2.05) is 6.92 Å². The van der Waals surface area contributed by atoms with Crippen LogP contribution >= 0.6 is 15.9 Å². The highest BCUT2D eigenvalue weighted by Crippen LogP contribution is 2.29. The van der Waals surface area contributed by atoms with E-state index in [1.165, 1.54) is 6.42 Å². The highest BCUT2D eigenvalue weighted by atomic mass is 79.9. The maximum atomic E-state index is 12.6. The molecule has 0 saturated heterocycles. The Labute approximate surface area is 141 Å². The Hall–Kier alpha value is -0.590. The van der Waals surface area contributed by atoms with E-state index in [0.29, 0.717) is 18.3 Å². The van der Waals surface area contributed by atoms with Gasteiger partial charge in [-0.3, -0.25) is 0 Å². The van der Waals surface area contributed by atoms with Gasteiger partial charge in [-0.25, -0.2) is 13.1 Å². The lowest BCUT2D eigenvalue weighted by Gasteiger charge is -2.29. The number of hydrogen-bond donors (Lipinski definition) is 1. The average molecular weight is 390 g/mol. The Morgan fingerprint density at radius 3 is 2.73 bits per heavy atom. The summed E-state index contributed by atoms with van der Waals surface area (Å²) in [6.45, 7) is 4.69. The fourth-order valence-corrected chi connectivity index (χ4v) is 4.49. The molecule has 1 aromatic carbocycles. The minimum atomic E-state index is -3.51. The van der Waals surface area contributed by atoms with E-state index >= 15 is 0 Å². The van der Waals surface area contributed by atoms with E-state index in [4.69, 9.17) is 4.74 Å². The molecule has 6 heteroatoms. The first-order valence-corrected chi connectivity index (χ1v) is 10.2. The number of ether oxygens (including phenoxy) is 1. The monoisotopic (exact) mass is 389 g/mol. The van der Waals surface area contributed by atoms with E-state index in [1.54, 1.807) is 18.2 Å². The summed E-state index contributed by atoms with van der Waals surface area (Å²) < 4.78 is 34.4. The molecule has 1 aliphatic rings. The molecular weight excluding hydrogens is 366 g/mol. The topological polar surface area (TPSA) is 55.4 Å². The van der Waals surface area contributed by atoms with Crippen LogP contribution in [0.2, 0.25) is 0 Å². The number of benzene rings is 1. The Balaban J connectivity index is 2.17. The smallest absolute Gasteiger partial charge is 0.240 e. The molecule has 22 heavy (non-hydrogen) atoms. The molecule has 0 amide bonds. The summed E-state index contributed by atoms with van der Waals surface area (Å²) in [6.07, 6.45) is 5.14. The molecule has 0 aliphatic heterocycles. The number of nitrogens with one attached hydrogen (secondary N) is 1. The minimum Gasteiger partial charge on any atom is -0.492 e. The molecule has 0 heterocycles. The lowest BCUT2D eigenvalue weighted by Crippen LogP contribution is -2.40. The second-order valence-electron chi connectivity index (χ2n) is 5.93. The van der Waals surface area contributed by atoms with Crippen molar-refractivity contribution >= 4 is 26.0 Å². The Morgan fingerprint density at radius 1 is 1.32 bits per heavy atom. The van der Waals surface area contributed by atoms with Gasteiger partial charge < -0.3 is 4.74 Å². The van der Waals surface area contributed by atoms with Gasteiger partial charge in [-0.2, -0.15) is 0 Å². The van der Waals surface area contributed by atoms with Crippen LogP contribution in [0.25, 0.3) is 0 Å². The van der Waals surface area contributed by atoms with Gasteiger partial charge in [0.25, 0.3) is 0 Å². The molecule has 2 unspecified atom stereocenters. The van der Waals surface area contributed by atoms with Crippen molar-refractivity contribution in [2.45, 2.75) is 56.9 Å². The van der Waals surface area contributed by atoms with Crippen LogP contribution in [-0.2, 0) is 10.0 Å². The number of halogens is 1. The molecule has 1 fully saturated rings. The van der Waals surface area contributed by atoms with Gasteiger partial charge in [-0.05, 0) is 53.2 Å². The molecule has 2 atom stereocenters. The first-order valence-electron chi connectivity index (χ1n) is 7.88. The zero-order valence-corrected chi connectivity index (χ0v) is 15.5. The van der Waals surface area contributed by atoms with Crippen molar-refractivity contribution in [3.63, 3.8) is 0 Å². The quantitative estimate of drug-likeness (QED) is 0.796. The van der Waals surface area contributed by atoms with E-state index in [-0.39, 0.29) is 10.9 Å². The summed E-state index contributed by atoms with van der Waals surface area (Å²) in [5.74, 6) is 0.955. The zero-order chi connectivity index (χ0) is 16.2. The molecule has 2 rings (SSSR count). The second-order valence-corrected chi connectivity index (χ2v) is 8.50. The van der Waals surface area contributed by atoms with Crippen LogP contribution in [-0.4, -0.2) is 21.1 Å². The third-order valence-corrected chi connectivity index (χ3v) is 6.24. The third kappa shape index (κ3) is 4.46. The van der Waals surface area contributed by atoms with Gasteiger partial charge in [-0.15, -0.1) is 0 Å². The van der Waals surface area contributed by atoms with Gasteiger partial charge >= 0.3 is 0 Å². The van der Waals surface area contributed by atoms with Gasteiger partial charge in [0.1, 0.15) is 5.75 Å². The molecule has 1 aromatic rings. The van der Waals surface area contributed by atoms with Crippen molar-refractivity contribution in [1.82, 2.24) is 4.72 Å². The highest BCUT2D eigenvalue weighted by Gasteiger charge is 2.27. The first kappa shape index (κ1) is 17.8. The number of rotatable bonds is 6. The van der Waals surface area contributed by atoms with E-state index in [9.17, 15) is 8.42 Å². The molecular formula is C16H24BrNO3S. The fourth-order valence-electron chi connectivity index (χ4n) is 2.73. The van der Waals surface area contributed by atoms with Crippen molar-refractivity contribution in [2.75, 3.05) is 6.61 Å². The predicted molar refractivity (Wildman–Crippen MR) is 91.7 cm³/mol. The second kappa shape index (κ2) is 7.79. The first-order chi connectivity index (χ1) is 10.4. The molecule has 1 saturated carbocycles. The standard InChI is InChI=1S/C16H24BrNO3S/c1-3-10-21-16-11-13(8-9-14(16)17)22(19,20)18-15-7-5-4-6-12(15)2/h8-9,11-12,15,18H,3-7,10H2,1-2H3. The van der Waals surface area contributed by atoms with Gasteiger partial charge in [0.2, 0.25) is 10.0 Å². The molecule has 4 nitrogen and oxygen atoms in total. The van der Waals surface area contributed by atoms with E-state index < -0.39 is 10.0 Å². The predicted octanol–water partition coefficient (Wildman–Crippen LogP) is 4.09. The summed E-state index contributed by atoms with van der Waals surface area (Å²) in [5, 5.41) is 0. The van der Waals surface area contributed by atoms with Crippen molar-refractivity contribution in [3.8, 4) is 5.75 Å². The van der Waals surface area contributed by atoms with Crippen LogP contribution in [0.3, 0.4) is 0 Å². The molecule has 0 aromatic heterocycles. The molecule has 124 valence electrons. The normalized spacial score (nSPS) is 22.5. The van der Waals surface area contributed by atoms with Gasteiger partial charge in [0.05, 0.1) is 16.0 Å². The molecule has 0 bridgehead atoms. The van der Waals surface area contributed by atoms with Gasteiger partial charge in [0, 0.05) is 12.1 Å². The van der Waals surface area contributed by atoms with Crippen LogP contribution in [0.15, 0.2) is 27.6 Å². The Morgan fingerprint density at radius 2 is 2.05 bits per heavy atom. The summed E-state index contributed by atoms with van der Waals surface area (Å²) >= 11 is 3.40. The zero-order valence-electron chi connectivity index (χ0n) is 13.1. The van der Waals surface area contributed by atoms with E-state index in [2.05, 4.69) is 27.6 Å². The lowest BCUT2D eigenvalue weighted by atomic mass is 9.87. The summed E-state index contributed by atoms with van der Waals surface area (Å²) in [7, 11) is -3.51. The number of hydrogen-bond acceptors (Lipinski definition) is 3. The lowest BCUT2D eigenvalue weighted by molar-refractivity contribution is 0.309. The van der Waals surface area contributed by atoms with Crippen LogP contribution in [0.1, 0.15) is 46.0 Å². The summed E-state index contributed by atoms with van der Waals surface area (Å²) in [4.78, 5) is 0.263. The Kier molecular flexibility index (Phi) is 6.29. The maximum Gasteiger partial charge on any atom is 0.240 e. The van der Waals surface area contributed by atoms with Crippen molar-refractivity contribution < 1.29 is 13.2 Å². The summed E-state index contributed by atoms with van der Waals surface area (Å²) in [5.41, 5.74) is 0. The van der Waals surface area contributed by atoms with Crippen LogP contribution in [0.4, 0.5) is 0 Å². The van der Waals surface area contributed by atoms with Crippen molar-refractivity contribution in [2.24, 2.45) is 5.92 Å². The largest absolute Gasteiger partial charge is 0.492 e. The highest BCUT2D eigenvalue weighted by molar-refractivity contribution is 9.10. The maximum absolute atomic E-state index is 12.6. The van der Waals surface area contributed by atoms with Gasteiger partial charge in [-0.1, -0.05) is 26.7 Å². The molecule has 0 spiro atoms. The molecule has 1 N–H and O–H groups in total.